The van der Waals surface area contributed by atoms with Gasteiger partial charge in [-0.15, -0.1) is 17.8 Å². The highest BCUT2D eigenvalue weighted by molar-refractivity contribution is 7.16. The van der Waals surface area contributed by atoms with Crippen LogP contribution < -0.4 is 5.32 Å². The van der Waals surface area contributed by atoms with Gasteiger partial charge >= 0.3 is 6.18 Å². The van der Waals surface area contributed by atoms with Gasteiger partial charge in [0, 0.05) is 11.3 Å². The normalized spacial score (nSPS) is 19.5. The summed E-state index contributed by atoms with van der Waals surface area (Å²) in [6.45, 7) is 2.12. The van der Waals surface area contributed by atoms with Gasteiger partial charge in [0.1, 0.15) is 5.71 Å². The SMILES string of the molecule is C#CCN=C(C)CNC(=O)c1sc(C2=NOC(c3cc(Cl)c(F)c(Cl)c3)(C(F)(F)F)C2)c2c1CCC2. The van der Waals surface area contributed by atoms with Crippen molar-refractivity contribution in [2.24, 2.45) is 10.1 Å². The predicted octanol–water partition coefficient (Wildman–Crippen LogP) is 6.09. The highest BCUT2D eigenvalue weighted by Gasteiger charge is 2.63. The molecule has 1 unspecified atom stereocenters. The molecule has 2 aliphatic rings. The Balaban J connectivity index is 1.65. The van der Waals surface area contributed by atoms with Crippen molar-refractivity contribution in [2.45, 2.75) is 44.4 Å². The molecular formula is C24H19Cl2F4N3O2S. The number of carbonyl (C=O) groups excluding carboxylic acids is 1. The number of nitrogens with one attached hydrogen (secondary N) is 1. The zero-order chi connectivity index (χ0) is 26.3. The van der Waals surface area contributed by atoms with E-state index >= 15 is 0 Å². The van der Waals surface area contributed by atoms with E-state index in [-0.39, 0.29) is 24.7 Å². The number of oxime groups is 1. The van der Waals surface area contributed by atoms with Gasteiger partial charge in [-0.1, -0.05) is 34.3 Å². The number of nitrogens with zero attached hydrogens (tertiary/aromatic N) is 2. The molecule has 0 radical (unpaired) electrons. The van der Waals surface area contributed by atoms with Crippen LogP contribution in [0.4, 0.5) is 17.6 Å². The fourth-order valence-corrected chi connectivity index (χ4v) is 6.01. The number of rotatable bonds is 6. The summed E-state index contributed by atoms with van der Waals surface area (Å²) < 4.78 is 57.0. The van der Waals surface area contributed by atoms with Gasteiger partial charge < -0.3 is 10.2 Å². The molecule has 0 saturated heterocycles. The molecular weight excluding hydrogens is 541 g/mol. The third kappa shape index (κ3) is 4.72. The quantitative estimate of drug-likeness (QED) is 0.201. The molecule has 2 heterocycles. The van der Waals surface area contributed by atoms with Gasteiger partial charge in [-0.05, 0) is 49.4 Å². The molecule has 4 rings (SSSR count). The summed E-state index contributed by atoms with van der Waals surface area (Å²) in [6, 6.07) is 1.69. The predicted molar refractivity (Wildman–Crippen MR) is 132 cm³/mol. The van der Waals surface area contributed by atoms with Crippen molar-refractivity contribution in [1.82, 2.24) is 5.32 Å². The van der Waals surface area contributed by atoms with Crippen LogP contribution in [0.2, 0.25) is 10.0 Å². The Morgan fingerprint density at radius 2 is 1.97 bits per heavy atom. The summed E-state index contributed by atoms with van der Waals surface area (Å²) in [5, 5.41) is 5.46. The summed E-state index contributed by atoms with van der Waals surface area (Å²) in [5.41, 5.74) is -1.07. The molecule has 1 aromatic heterocycles. The Bertz CT molecular complexity index is 1310. The molecule has 190 valence electrons. The smallest absolute Gasteiger partial charge is 0.374 e. The lowest BCUT2D eigenvalue weighted by atomic mass is 9.87. The van der Waals surface area contributed by atoms with Crippen molar-refractivity contribution >= 4 is 51.9 Å². The van der Waals surface area contributed by atoms with Gasteiger partial charge in [0.15, 0.2) is 5.82 Å². The van der Waals surface area contributed by atoms with Crippen LogP contribution in [0.5, 0.6) is 0 Å². The molecule has 0 bridgehead atoms. The van der Waals surface area contributed by atoms with Gasteiger partial charge in [0.05, 0.1) is 39.3 Å². The fourth-order valence-electron chi connectivity index (χ4n) is 4.23. The Hall–Kier alpha value is -2.61. The van der Waals surface area contributed by atoms with E-state index < -0.39 is 39.6 Å². The van der Waals surface area contributed by atoms with Gasteiger partial charge in [-0.3, -0.25) is 9.79 Å². The Morgan fingerprint density at radius 1 is 1.31 bits per heavy atom. The van der Waals surface area contributed by atoms with Crippen LogP contribution in [0.15, 0.2) is 22.3 Å². The monoisotopic (exact) mass is 559 g/mol. The molecule has 36 heavy (non-hydrogen) atoms. The molecule has 1 amide bonds. The standard InChI is InChI=1S/C24H19Cl2F4N3O2S/c1-3-7-31-12(2)11-32-22(34)21-15-6-4-5-14(15)20(36-21)18-10-23(35-33-18,24(28,29)30)13-8-16(25)19(27)17(26)9-13/h1,8-9H,4-7,10-11H2,2H3,(H,32,34). The molecule has 0 fully saturated rings. The van der Waals surface area contributed by atoms with Crippen LogP contribution in [-0.4, -0.2) is 36.6 Å². The van der Waals surface area contributed by atoms with Crippen LogP contribution in [0.25, 0.3) is 0 Å². The number of thiophene rings is 1. The number of benzene rings is 1. The van der Waals surface area contributed by atoms with Gasteiger partial charge in [-0.25, -0.2) is 4.39 Å². The lowest BCUT2D eigenvalue weighted by molar-refractivity contribution is -0.275. The number of hydrogen-bond acceptors (Lipinski definition) is 5. The second-order valence-electron chi connectivity index (χ2n) is 8.39. The number of hydrogen-bond donors (Lipinski definition) is 1. The molecule has 1 N–H and O–H groups in total. The third-order valence-electron chi connectivity index (χ3n) is 6.02. The molecule has 0 spiro atoms. The van der Waals surface area contributed by atoms with Gasteiger partial charge in [0.25, 0.3) is 11.5 Å². The minimum atomic E-state index is -4.92. The lowest BCUT2D eigenvalue weighted by Crippen LogP contribution is -2.42. The van der Waals surface area contributed by atoms with E-state index in [1.165, 1.54) is 0 Å². The minimum absolute atomic E-state index is 0.0536. The summed E-state index contributed by atoms with van der Waals surface area (Å²) in [5.74, 6) is 1.02. The molecule has 1 aromatic carbocycles. The summed E-state index contributed by atoms with van der Waals surface area (Å²) >= 11 is 12.6. The summed E-state index contributed by atoms with van der Waals surface area (Å²) in [4.78, 5) is 23.0. The second kappa shape index (κ2) is 10.0. The van der Waals surface area contributed by atoms with Crippen LogP contribution in [0.3, 0.4) is 0 Å². The highest BCUT2D eigenvalue weighted by atomic mass is 35.5. The van der Waals surface area contributed by atoms with Gasteiger partial charge in [-0.2, -0.15) is 13.2 Å². The number of halogens is 6. The topological polar surface area (TPSA) is 63.0 Å². The Morgan fingerprint density at radius 3 is 2.61 bits per heavy atom. The third-order valence-corrected chi connectivity index (χ3v) is 7.89. The van der Waals surface area contributed by atoms with E-state index in [4.69, 9.17) is 34.5 Å². The zero-order valence-corrected chi connectivity index (χ0v) is 21.2. The molecule has 5 nitrogen and oxygen atoms in total. The van der Waals surface area contributed by atoms with Crippen molar-refractivity contribution in [3.63, 3.8) is 0 Å². The average molecular weight is 560 g/mol. The second-order valence-corrected chi connectivity index (χ2v) is 10.2. The first-order valence-corrected chi connectivity index (χ1v) is 12.4. The van der Waals surface area contributed by atoms with Crippen LogP contribution in [-0.2, 0) is 23.3 Å². The maximum absolute atomic E-state index is 14.4. The van der Waals surface area contributed by atoms with E-state index in [0.29, 0.717) is 28.3 Å². The van der Waals surface area contributed by atoms with Crippen molar-refractivity contribution in [3.05, 3.63) is 54.4 Å². The molecule has 1 aliphatic heterocycles. The maximum atomic E-state index is 14.4. The average Bonchev–Trinajstić information content (AvgIpc) is 3.54. The first kappa shape index (κ1) is 26.5. The number of carbonyl (C=O) groups is 1. The van der Waals surface area contributed by atoms with Crippen molar-refractivity contribution in [2.75, 3.05) is 13.1 Å². The first-order valence-electron chi connectivity index (χ1n) is 10.8. The van der Waals surface area contributed by atoms with Crippen molar-refractivity contribution < 1.29 is 27.2 Å². The molecule has 2 aromatic rings. The number of aliphatic imine (C=N–C) groups is 1. The number of amides is 1. The van der Waals surface area contributed by atoms with E-state index in [2.05, 4.69) is 21.4 Å². The molecule has 1 aliphatic carbocycles. The van der Waals surface area contributed by atoms with Crippen molar-refractivity contribution in [3.8, 4) is 12.3 Å². The Labute approximate surface area is 218 Å². The van der Waals surface area contributed by atoms with Crippen LogP contribution >= 0.6 is 34.5 Å². The summed E-state index contributed by atoms with van der Waals surface area (Å²) in [6.07, 6.45) is 1.58. The first-order chi connectivity index (χ1) is 17.0. The van der Waals surface area contributed by atoms with Crippen LogP contribution in [0.1, 0.15) is 51.0 Å². The zero-order valence-electron chi connectivity index (χ0n) is 18.9. The molecule has 1 atom stereocenters. The highest BCUT2D eigenvalue weighted by Crippen LogP contribution is 2.51. The van der Waals surface area contributed by atoms with Crippen molar-refractivity contribution in [1.29, 1.82) is 0 Å². The molecule has 12 heteroatoms. The van der Waals surface area contributed by atoms with E-state index in [9.17, 15) is 22.4 Å². The maximum Gasteiger partial charge on any atom is 0.435 e. The Kier molecular flexibility index (Phi) is 7.37. The number of fused-ring (bicyclic) bond motifs is 1. The van der Waals surface area contributed by atoms with Gasteiger partial charge in [0.2, 0.25) is 0 Å². The number of alkyl halides is 3. The van der Waals surface area contributed by atoms with E-state index in [0.717, 1.165) is 41.0 Å². The lowest BCUT2D eigenvalue weighted by Gasteiger charge is -2.29. The summed E-state index contributed by atoms with van der Waals surface area (Å²) in [7, 11) is 0. The van der Waals surface area contributed by atoms with E-state index in [1.807, 2.05) is 0 Å². The van der Waals surface area contributed by atoms with Crippen LogP contribution in [0, 0.1) is 18.2 Å². The minimum Gasteiger partial charge on any atom is -0.374 e. The number of terminal acetylenes is 1. The fraction of sp³-hybridized carbons (Fsp3) is 0.375. The van der Waals surface area contributed by atoms with E-state index in [1.54, 1.807) is 6.92 Å². The largest absolute Gasteiger partial charge is 0.435 e. The molecule has 0 saturated carbocycles.